The molecule has 29 heavy (non-hydrogen) atoms. The molecule has 7 nitrogen and oxygen atoms in total. The van der Waals surface area contributed by atoms with Crippen LogP contribution in [-0.4, -0.2) is 34.0 Å². The number of rotatable bonds is 6. The SMILES string of the molecule is COc1cnc(-c2cc(Cl)ccc2F)nc1Nc1ccncc1C(=O)NC(C)C. The van der Waals surface area contributed by atoms with Gasteiger partial charge in [0, 0.05) is 23.5 Å². The van der Waals surface area contributed by atoms with Crippen LogP contribution in [0.2, 0.25) is 5.02 Å². The summed E-state index contributed by atoms with van der Waals surface area (Å²) in [4.78, 5) is 25.0. The molecule has 3 aromatic rings. The second-order valence-corrected chi connectivity index (χ2v) is 6.85. The van der Waals surface area contributed by atoms with Gasteiger partial charge in [0.2, 0.25) is 0 Å². The minimum Gasteiger partial charge on any atom is -0.491 e. The third kappa shape index (κ3) is 4.78. The van der Waals surface area contributed by atoms with Crippen LogP contribution in [0.3, 0.4) is 0 Å². The van der Waals surface area contributed by atoms with Crippen LogP contribution in [0.1, 0.15) is 24.2 Å². The molecule has 0 aliphatic rings. The van der Waals surface area contributed by atoms with Crippen molar-refractivity contribution in [3.8, 4) is 17.1 Å². The molecule has 2 N–H and O–H groups in total. The number of nitrogens with zero attached hydrogens (tertiary/aromatic N) is 3. The summed E-state index contributed by atoms with van der Waals surface area (Å²) in [6, 6.07) is 5.73. The lowest BCUT2D eigenvalue weighted by Crippen LogP contribution is -2.30. The van der Waals surface area contributed by atoms with E-state index in [1.807, 2.05) is 13.8 Å². The summed E-state index contributed by atoms with van der Waals surface area (Å²) in [6.45, 7) is 3.72. The molecule has 0 aliphatic carbocycles. The number of methoxy groups -OCH3 is 1. The van der Waals surface area contributed by atoms with Crippen molar-refractivity contribution in [1.82, 2.24) is 20.3 Å². The molecule has 0 unspecified atom stereocenters. The number of anilines is 2. The Morgan fingerprint density at radius 3 is 2.76 bits per heavy atom. The molecule has 0 bridgehead atoms. The minimum atomic E-state index is -0.508. The maximum Gasteiger partial charge on any atom is 0.255 e. The molecule has 0 saturated carbocycles. The zero-order valence-corrected chi connectivity index (χ0v) is 16.8. The fraction of sp³-hybridized carbons (Fsp3) is 0.200. The van der Waals surface area contributed by atoms with Crippen LogP contribution >= 0.6 is 11.6 Å². The number of carbonyl (C=O) groups is 1. The Bertz CT molecular complexity index is 1050. The Kier molecular flexibility index (Phi) is 6.23. The number of hydrogen-bond donors (Lipinski definition) is 2. The lowest BCUT2D eigenvalue weighted by atomic mass is 10.2. The van der Waals surface area contributed by atoms with E-state index >= 15 is 0 Å². The number of benzene rings is 1. The van der Waals surface area contributed by atoms with Gasteiger partial charge in [0.05, 0.1) is 30.1 Å². The monoisotopic (exact) mass is 415 g/mol. The number of hydrogen-bond acceptors (Lipinski definition) is 6. The van der Waals surface area contributed by atoms with Gasteiger partial charge in [-0.2, -0.15) is 0 Å². The zero-order valence-electron chi connectivity index (χ0n) is 16.0. The van der Waals surface area contributed by atoms with Crippen LogP contribution in [0.25, 0.3) is 11.4 Å². The average molecular weight is 416 g/mol. The van der Waals surface area contributed by atoms with Gasteiger partial charge in [-0.25, -0.2) is 14.4 Å². The second-order valence-electron chi connectivity index (χ2n) is 6.41. The van der Waals surface area contributed by atoms with Crippen molar-refractivity contribution in [2.45, 2.75) is 19.9 Å². The van der Waals surface area contributed by atoms with E-state index in [1.54, 1.807) is 12.3 Å². The van der Waals surface area contributed by atoms with Gasteiger partial charge in [-0.3, -0.25) is 9.78 Å². The maximum absolute atomic E-state index is 14.2. The minimum absolute atomic E-state index is 0.0402. The average Bonchev–Trinajstić information content (AvgIpc) is 2.69. The van der Waals surface area contributed by atoms with Gasteiger partial charge in [-0.15, -0.1) is 0 Å². The van der Waals surface area contributed by atoms with Crippen molar-refractivity contribution in [3.05, 3.63) is 59.3 Å². The Morgan fingerprint density at radius 2 is 2.03 bits per heavy atom. The standard InChI is InChI=1S/C20H19ClFN5O2/c1-11(2)25-20(28)14-9-23-7-6-16(14)26-19-17(29-3)10-24-18(27-19)13-8-12(21)4-5-15(13)22/h4-11H,1-3H3,(H,25,28)(H,23,24,26,27). The maximum atomic E-state index is 14.2. The predicted molar refractivity (Wildman–Crippen MR) is 109 cm³/mol. The van der Waals surface area contributed by atoms with Crippen molar-refractivity contribution in [1.29, 1.82) is 0 Å². The first-order valence-corrected chi connectivity index (χ1v) is 9.15. The Morgan fingerprint density at radius 1 is 1.24 bits per heavy atom. The Balaban J connectivity index is 2.02. The second kappa shape index (κ2) is 8.83. The summed E-state index contributed by atoms with van der Waals surface area (Å²) in [5, 5.41) is 6.23. The number of nitrogens with one attached hydrogen (secondary N) is 2. The van der Waals surface area contributed by atoms with E-state index in [4.69, 9.17) is 16.3 Å². The predicted octanol–water partition coefficient (Wildman–Crippen LogP) is 4.22. The van der Waals surface area contributed by atoms with E-state index in [0.29, 0.717) is 22.0 Å². The number of aromatic nitrogens is 3. The molecule has 0 fully saturated rings. The van der Waals surface area contributed by atoms with Crippen LogP contribution in [0.4, 0.5) is 15.9 Å². The highest BCUT2D eigenvalue weighted by Crippen LogP contribution is 2.30. The summed E-state index contributed by atoms with van der Waals surface area (Å²) < 4.78 is 19.5. The van der Waals surface area contributed by atoms with E-state index in [-0.39, 0.29) is 29.2 Å². The van der Waals surface area contributed by atoms with Gasteiger partial charge < -0.3 is 15.4 Å². The third-order valence-corrected chi connectivity index (χ3v) is 4.12. The summed E-state index contributed by atoms with van der Waals surface area (Å²) in [5.74, 6) is -0.0865. The molecular formula is C20H19ClFN5O2. The third-order valence-electron chi connectivity index (χ3n) is 3.88. The molecule has 2 aromatic heterocycles. The molecule has 0 spiro atoms. The van der Waals surface area contributed by atoms with E-state index in [1.165, 1.54) is 37.7 Å². The lowest BCUT2D eigenvalue weighted by molar-refractivity contribution is 0.0943. The fourth-order valence-corrected chi connectivity index (χ4v) is 2.73. The molecular weight excluding hydrogens is 397 g/mol. The first-order chi connectivity index (χ1) is 13.9. The quantitative estimate of drug-likeness (QED) is 0.626. The highest BCUT2D eigenvalue weighted by atomic mass is 35.5. The molecule has 0 atom stereocenters. The molecule has 1 aromatic carbocycles. The number of ether oxygens (including phenoxy) is 1. The Hall–Kier alpha value is -3.26. The van der Waals surface area contributed by atoms with Crippen LogP contribution in [0, 0.1) is 5.82 Å². The highest BCUT2D eigenvalue weighted by Gasteiger charge is 2.17. The van der Waals surface area contributed by atoms with Crippen molar-refractivity contribution in [2.75, 3.05) is 12.4 Å². The Labute approximate surface area is 172 Å². The van der Waals surface area contributed by atoms with Crippen molar-refractivity contribution in [2.24, 2.45) is 0 Å². The van der Waals surface area contributed by atoms with Gasteiger partial charge in [-0.1, -0.05) is 11.6 Å². The molecule has 0 aliphatic heterocycles. The summed E-state index contributed by atoms with van der Waals surface area (Å²) >= 11 is 5.98. The fourth-order valence-electron chi connectivity index (χ4n) is 2.56. The van der Waals surface area contributed by atoms with Crippen molar-refractivity contribution in [3.63, 3.8) is 0 Å². The first kappa shape index (κ1) is 20.5. The van der Waals surface area contributed by atoms with E-state index in [9.17, 15) is 9.18 Å². The summed E-state index contributed by atoms with van der Waals surface area (Å²) in [5.41, 5.74) is 0.945. The number of halogens is 2. The molecule has 1 amide bonds. The zero-order chi connectivity index (χ0) is 21.0. The van der Waals surface area contributed by atoms with Crippen LogP contribution in [-0.2, 0) is 0 Å². The van der Waals surface area contributed by atoms with Crippen LogP contribution in [0.15, 0.2) is 42.9 Å². The van der Waals surface area contributed by atoms with Crippen molar-refractivity contribution >= 4 is 29.0 Å². The molecule has 2 heterocycles. The molecule has 9 heteroatoms. The molecule has 3 rings (SSSR count). The molecule has 0 radical (unpaired) electrons. The van der Waals surface area contributed by atoms with Crippen LogP contribution < -0.4 is 15.4 Å². The largest absolute Gasteiger partial charge is 0.491 e. The lowest BCUT2D eigenvalue weighted by Gasteiger charge is -2.15. The van der Waals surface area contributed by atoms with E-state index in [2.05, 4.69) is 25.6 Å². The summed E-state index contributed by atoms with van der Waals surface area (Å²) in [6.07, 6.45) is 4.41. The first-order valence-electron chi connectivity index (χ1n) is 8.77. The number of carbonyl (C=O) groups excluding carboxylic acids is 1. The van der Waals surface area contributed by atoms with E-state index in [0.717, 1.165) is 0 Å². The molecule has 0 saturated heterocycles. The van der Waals surface area contributed by atoms with Crippen LogP contribution in [0.5, 0.6) is 5.75 Å². The highest BCUT2D eigenvalue weighted by molar-refractivity contribution is 6.30. The van der Waals surface area contributed by atoms with Crippen molar-refractivity contribution < 1.29 is 13.9 Å². The van der Waals surface area contributed by atoms with Gasteiger partial charge in [0.15, 0.2) is 17.4 Å². The number of amides is 1. The topological polar surface area (TPSA) is 89.0 Å². The molecule has 150 valence electrons. The normalized spacial score (nSPS) is 10.7. The van der Waals surface area contributed by atoms with E-state index < -0.39 is 5.82 Å². The van der Waals surface area contributed by atoms with Gasteiger partial charge in [-0.05, 0) is 38.1 Å². The van der Waals surface area contributed by atoms with Gasteiger partial charge in [0.25, 0.3) is 5.91 Å². The summed E-state index contributed by atoms with van der Waals surface area (Å²) in [7, 11) is 1.46. The number of pyridine rings is 1. The van der Waals surface area contributed by atoms with Gasteiger partial charge >= 0.3 is 0 Å². The smallest absolute Gasteiger partial charge is 0.255 e. The van der Waals surface area contributed by atoms with Gasteiger partial charge in [0.1, 0.15) is 5.82 Å².